The molecule has 3 rings (SSSR count). The summed E-state index contributed by atoms with van der Waals surface area (Å²) in [6.45, 7) is 1.80. The molecule has 134 valence electrons. The molecule has 0 radical (unpaired) electrons. The Kier molecular flexibility index (Phi) is 4.62. The van der Waals surface area contributed by atoms with Gasteiger partial charge in [0.25, 0.3) is 5.91 Å². The summed E-state index contributed by atoms with van der Waals surface area (Å²) in [6, 6.07) is 10.6. The predicted molar refractivity (Wildman–Crippen MR) is 95.7 cm³/mol. The number of benzene rings is 2. The summed E-state index contributed by atoms with van der Waals surface area (Å²) in [4.78, 5) is 37.4. The molecule has 1 aliphatic heterocycles. The summed E-state index contributed by atoms with van der Waals surface area (Å²) < 4.78 is 5.14. The Balaban J connectivity index is 1.85. The molecule has 1 unspecified atom stereocenters. The average molecular weight is 354 g/mol. The standard InChI is InChI=1S/C19H18N2O5/c1-11-6-7-12(19(24)25)8-15(11)20-16-10-17(22)21(18(16)23)13-4-3-5-14(9-13)26-2/h3-9,16,20H,10H2,1-2H3,(H,24,25). The molecule has 0 aromatic heterocycles. The van der Waals surface area contributed by atoms with Gasteiger partial charge in [-0.25, -0.2) is 9.69 Å². The van der Waals surface area contributed by atoms with Gasteiger partial charge < -0.3 is 15.2 Å². The van der Waals surface area contributed by atoms with Crippen LogP contribution in [-0.2, 0) is 9.59 Å². The van der Waals surface area contributed by atoms with Crippen molar-refractivity contribution in [2.75, 3.05) is 17.3 Å². The quantitative estimate of drug-likeness (QED) is 0.801. The normalized spacial score (nSPS) is 16.7. The van der Waals surface area contributed by atoms with E-state index in [1.54, 1.807) is 37.3 Å². The maximum absolute atomic E-state index is 12.7. The largest absolute Gasteiger partial charge is 0.497 e. The van der Waals surface area contributed by atoms with Gasteiger partial charge in [0, 0.05) is 11.8 Å². The maximum Gasteiger partial charge on any atom is 0.335 e. The van der Waals surface area contributed by atoms with Crippen molar-refractivity contribution in [2.45, 2.75) is 19.4 Å². The van der Waals surface area contributed by atoms with Gasteiger partial charge in [-0.2, -0.15) is 0 Å². The molecule has 0 saturated carbocycles. The minimum Gasteiger partial charge on any atom is -0.497 e. The Morgan fingerprint density at radius 1 is 1.23 bits per heavy atom. The first-order valence-electron chi connectivity index (χ1n) is 8.02. The van der Waals surface area contributed by atoms with E-state index >= 15 is 0 Å². The number of imide groups is 1. The van der Waals surface area contributed by atoms with E-state index in [4.69, 9.17) is 9.84 Å². The number of carbonyl (C=O) groups excluding carboxylic acids is 2. The van der Waals surface area contributed by atoms with Crippen molar-refractivity contribution in [1.82, 2.24) is 0 Å². The summed E-state index contributed by atoms with van der Waals surface area (Å²) >= 11 is 0. The van der Waals surface area contributed by atoms with Crippen molar-refractivity contribution in [2.24, 2.45) is 0 Å². The zero-order chi connectivity index (χ0) is 18.8. The number of amides is 2. The number of anilines is 2. The van der Waals surface area contributed by atoms with E-state index in [0.29, 0.717) is 17.1 Å². The fourth-order valence-corrected chi connectivity index (χ4v) is 2.86. The van der Waals surface area contributed by atoms with Crippen molar-refractivity contribution in [3.05, 3.63) is 53.6 Å². The van der Waals surface area contributed by atoms with Crippen LogP contribution in [0.4, 0.5) is 11.4 Å². The van der Waals surface area contributed by atoms with Crippen LogP contribution >= 0.6 is 0 Å². The Bertz CT molecular complexity index is 893. The molecule has 1 aliphatic rings. The van der Waals surface area contributed by atoms with Gasteiger partial charge in [0.05, 0.1) is 24.8 Å². The van der Waals surface area contributed by atoms with Gasteiger partial charge in [-0.05, 0) is 36.8 Å². The second-order valence-electron chi connectivity index (χ2n) is 6.00. The summed E-state index contributed by atoms with van der Waals surface area (Å²) in [7, 11) is 1.51. The topological polar surface area (TPSA) is 95.9 Å². The van der Waals surface area contributed by atoms with E-state index in [0.717, 1.165) is 10.5 Å². The smallest absolute Gasteiger partial charge is 0.335 e. The fraction of sp³-hybridized carbons (Fsp3) is 0.211. The highest BCUT2D eigenvalue weighted by Gasteiger charge is 2.39. The van der Waals surface area contributed by atoms with Crippen molar-refractivity contribution in [3.63, 3.8) is 0 Å². The van der Waals surface area contributed by atoms with Gasteiger partial charge in [0.2, 0.25) is 5.91 Å². The molecule has 0 bridgehead atoms. The van der Waals surface area contributed by atoms with Crippen LogP contribution < -0.4 is 15.0 Å². The monoisotopic (exact) mass is 354 g/mol. The summed E-state index contributed by atoms with van der Waals surface area (Å²) in [5.41, 5.74) is 1.86. The maximum atomic E-state index is 12.7. The number of carboxylic acids is 1. The zero-order valence-corrected chi connectivity index (χ0v) is 14.4. The van der Waals surface area contributed by atoms with Crippen LogP contribution in [0.1, 0.15) is 22.3 Å². The molecule has 1 fully saturated rings. The lowest BCUT2D eigenvalue weighted by Crippen LogP contribution is -2.35. The van der Waals surface area contributed by atoms with E-state index in [-0.39, 0.29) is 23.8 Å². The van der Waals surface area contributed by atoms with Crippen molar-refractivity contribution in [1.29, 1.82) is 0 Å². The van der Waals surface area contributed by atoms with Crippen LogP contribution in [-0.4, -0.2) is 36.0 Å². The van der Waals surface area contributed by atoms with Crippen molar-refractivity contribution >= 4 is 29.2 Å². The van der Waals surface area contributed by atoms with Crippen LogP contribution in [0, 0.1) is 6.92 Å². The van der Waals surface area contributed by atoms with Gasteiger partial charge in [0.1, 0.15) is 11.8 Å². The first-order valence-corrected chi connectivity index (χ1v) is 8.02. The zero-order valence-electron chi connectivity index (χ0n) is 14.4. The molecule has 2 aromatic carbocycles. The molecule has 1 saturated heterocycles. The van der Waals surface area contributed by atoms with E-state index in [1.807, 2.05) is 0 Å². The number of nitrogens with zero attached hydrogens (tertiary/aromatic N) is 1. The van der Waals surface area contributed by atoms with Crippen LogP contribution in [0.25, 0.3) is 0 Å². The van der Waals surface area contributed by atoms with Crippen LogP contribution in [0.5, 0.6) is 5.75 Å². The average Bonchev–Trinajstić information content (AvgIpc) is 2.90. The lowest BCUT2D eigenvalue weighted by molar-refractivity contribution is -0.121. The van der Waals surface area contributed by atoms with Gasteiger partial charge in [-0.15, -0.1) is 0 Å². The van der Waals surface area contributed by atoms with E-state index in [9.17, 15) is 14.4 Å². The highest BCUT2D eigenvalue weighted by atomic mass is 16.5. The van der Waals surface area contributed by atoms with Crippen LogP contribution in [0.15, 0.2) is 42.5 Å². The lowest BCUT2D eigenvalue weighted by Gasteiger charge is -2.17. The summed E-state index contributed by atoms with van der Waals surface area (Å²) in [5.74, 6) is -1.22. The second kappa shape index (κ2) is 6.87. The number of ether oxygens (including phenoxy) is 1. The Labute approximate surface area is 150 Å². The Morgan fingerprint density at radius 3 is 2.69 bits per heavy atom. The molecular formula is C19H18N2O5. The molecule has 2 aromatic rings. The third-order valence-electron chi connectivity index (χ3n) is 4.27. The molecule has 7 heteroatoms. The van der Waals surface area contributed by atoms with E-state index in [1.165, 1.54) is 19.2 Å². The molecule has 0 aliphatic carbocycles. The van der Waals surface area contributed by atoms with Gasteiger partial charge in [-0.3, -0.25) is 9.59 Å². The van der Waals surface area contributed by atoms with E-state index in [2.05, 4.69) is 5.32 Å². The number of carboxylic acid groups (broad SMARTS) is 1. The third kappa shape index (κ3) is 3.23. The highest BCUT2D eigenvalue weighted by Crippen LogP contribution is 2.28. The summed E-state index contributed by atoms with van der Waals surface area (Å²) in [5, 5.41) is 12.1. The van der Waals surface area contributed by atoms with Crippen molar-refractivity contribution in [3.8, 4) is 5.75 Å². The summed E-state index contributed by atoms with van der Waals surface area (Å²) in [6.07, 6.45) is -0.00716. The molecular weight excluding hydrogens is 336 g/mol. The molecule has 2 N–H and O–H groups in total. The number of aryl methyl sites for hydroxylation is 1. The second-order valence-corrected chi connectivity index (χ2v) is 6.00. The fourth-order valence-electron chi connectivity index (χ4n) is 2.86. The minimum absolute atomic E-state index is 0.00716. The van der Waals surface area contributed by atoms with Gasteiger partial charge in [0.15, 0.2) is 0 Å². The molecule has 2 amide bonds. The van der Waals surface area contributed by atoms with Crippen LogP contribution in [0.2, 0.25) is 0 Å². The Hall–Kier alpha value is -3.35. The Morgan fingerprint density at radius 2 is 2.00 bits per heavy atom. The SMILES string of the molecule is COc1cccc(N2C(=O)CC(Nc3cc(C(=O)O)ccc3C)C2=O)c1. The molecule has 1 heterocycles. The number of methoxy groups -OCH3 is 1. The lowest BCUT2D eigenvalue weighted by atomic mass is 10.1. The van der Waals surface area contributed by atoms with Gasteiger partial charge in [-0.1, -0.05) is 12.1 Å². The predicted octanol–water partition coefficient (Wildman–Crippen LogP) is 2.45. The number of rotatable bonds is 5. The molecule has 7 nitrogen and oxygen atoms in total. The van der Waals surface area contributed by atoms with Crippen molar-refractivity contribution < 1.29 is 24.2 Å². The van der Waals surface area contributed by atoms with E-state index < -0.39 is 12.0 Å². The number of nitrogens with one attached hydrogen (secondary N) is 1. The highest BCUT2D eigenvalue weighted by molar-refractivity contribution is 6.23. The number of hydrogen-bond acceptors (Lipinski definition) is 5. The molecule has 26 heavy (non-hydrogen) atoms. The first kappa shape index (κ1) is 17.5. The number of aromatic carboxylic acids is 1. The molecule has 0 spiro atoms. The van der Waals surface area contributed by atoms with Gasteiger partial charge >= 0.3 is 5.97 Å². The molecule has 1 atom stereocenters. The first-order chi connectivity index (χ1) is 12.4. The number of carbonyl (C=O) groups is 3. The number of hydrogen-bond donors (Lipinski definition) is 2. The van der Waals surface area contributed by atoms with Crippen LogP contribution in [0.3, 0.4) is 0 Å². The minimum atomic E-state index is -1.06. The third-order valence-corrected chi connectivity index (χ3v) is 4.27.